The predicted molar refractivity (Wildman–Crippen MR) is 152 cm³/mol. The van der Waals surface area contributed by atoms with Gasteiger partial charge in [-0.2, -0.15) is 0 Å². The zero-order valence-corrected chi connectivity index (χ0v) is 24.9. The summed E-state index contributed by atoms with van der Waals surface area (Å²) in [6, 6.07) is 9.98. The first kappa shape index (κ1) is 31.3. The lowest BCUT2D eigenvalue weighted by Crippen LogP contribution is -2.31. The maximum atomic E-state index is 13.5. The standard InChI is InChI=1S/C27H30Cl2N2O8S/c1-6-37-25(34)22-21(31-40(35,36)17-10-8-7-9-11-17)20-18(24(33)39-27(4,5)15-29)12-16(13-19(20)30-22)23(32)38-26(2,3)14-28/h7-13,30-31H,6,14-15H2,1-5H3. The van der Waals surface area contributed by atoms with Gasteiger partial charge in [-0.25, -0.2) is 22.8 Å². The topological polar surface area (TPSA) is 141 Å². The molecule has 0 bridgehead atoms. The molecule has 40 heavy (non-hydrogen) atoms. The van der Waals surface area contributed by atoms with Crippen molar-refractivity contribution in [1.29, 1.82) is 0 Å². The number of rotatable bonds is 11. The second-order valence-corrected chi connectivity index (χ2v) is 12.2. The van der Waals surface area contributed by atoms with Crippen molar-refractivity contribution in [2.75, 3.05) is 23.1 Å². The van der Waals surface area contributed by atoms with Crippen molar-refractivity contribution >= 4 is 67.7 Å². The number of aromatic amines is 1. The summed E-state index contributed by atoms with van der Waals surface area (Å²) >= 11 is 11.9. The molecule has 0 saturated carbocycles. The average Bonchev–Trinajstić information content (AvgIpc) is 3.26. The Morgan fingerprint density at radius 2 is 1.48 bits per heavy atom. The van der Waals surface area contributed by atoms with Gasteiger partial charge in [0.05, 0.1) is 40.1 Å². The zero-order chi connectivity index (χ0) is 29.9. The van der Waals surface area contributed by atoms with Crippen LogP contribution in [0.25, 0.3) is 10.9 Å². The molecule has 0 unspecified atom stereocenters. The van der Waals surface area contributed by atoms with Crippen molar-refractivity contribution in [2.24, 2.45) is 0 Å². The predicted octanol–water partition coefficient (Wildman–Crippen LogP) is 5.49. The molecule has 0 aliphatic rings. The summed E-state index contributed by atoms with van der Waals surface area (Å²) in [7, 11) is -4.24. The molecule has 216 valence electrons. The van der Waals surface area contributed by atoms with Crippen molar-refractivity contribution in [3.63, 3.8) is 0 Å². The number of esters is 3. The lowest BCUT2D eigenvalue weighted by Gasteiger charge is -2.23. The Balaban J connectivity index is 2.32. The molecule has 0 radical (unpaired) electrons. The molecule has 10 nitrogen and oxygen atoms in total. The molecule has 1 aromatic heterocycles. The number of halogens is 2. The molecule has 3 aromatic rings. The van der Waals surface area contributed by atoms with Crippen LogP contribution < -0.4 is 4.72 Å². The SMILES string of the molecule is CCOC(=O)c1[nH]c2cc(C(=O)OC(C)(C)CCl)cc(C(=O)OC(C)(C)CCl)c2c1NS(=O)(=O)c1ccccc1. The Morgan fingerprint density at radius 1 is 0.900 bits per heavy atom. The Hall–Kier alpha value is -3.28. The minimum Gasteiger partial charge on any atom is -0.461 e. The molecule has 3 rings (SSSR count). The van der Waals surface area contributed by atoms with E-state index in [9.17, 15) is 22.8 Å². The van der Waals surface area contributed by atoms with Crippen LogP contribution in [0.5, 0.6) is 0 Å². The second-order valence-electron chi connectivity index (χ2n) is 10.0. The van der Waals surface area contributed by atoms with E-state index in [0.717, 1.165) is 0 Å². The number of benzene rings is 2. The highest BCUT2D eigenvalue weighted by Crippen LogP contribution is 2.36. The molecular formula is C27H30Cl2N2O8S. The number of hydrogen-bond donors (Lipinski definition) is 2. The fourth-order valence-electron chi connectivity index (χ4n) is 3.53. The van der Waals surface area contributed by atoms with Gasteiger partial charge >= 0.3 is 17.9 Å². The maximum absolute atomic E-state index is 13.5. The van der Waals surface area contributed by atoms with Gasteiger partial charge in [0.2, 0.25) is 0 Å². The lowest BCUT2D eigenvalue weighted by molar-refractivity contribution is 0.00819. The molecule has 0 saturated heterocycles. The van der Waals surface area contributed by atoms with Crippen LogP contribution in [0.4, 0.5) is 5.69 Å². The van der Waals surface area contributed by atoms with E-state index in [1.54, 1.807) is 40.7 Å². The normalized spacial score (nSPS) is 12.2. The van der Waals surface area contributed by atoms with E-state index in [0.29, 0.717) is 0 Å². The number of nitrogens with one attached hydrogen (secondary N) is 2. The van der Waals surface area contributed by atoms with Gasteiger partial charge < -0.3 is 19.2 Å². The van der Waals surface area contributed by atoms with E-state index in [4.69, 9.17) is 37.4 Å². The maximum Gasteiger partial charge on any atom is 0.356 e. The van der Waals surface area contributed by atoms with E-state index >= 15 is 0 Å². The number of carbonyl (C=O) groups is 3. The second kappa shape index (κ2) is 12.1. The number of anilines is 1. The van der Waals surface area contributed by atoms with E-state index in [1.165, 1.54) is 36.4 Å². The summed E-state index contributed by atoms with van der Waals surface area (Å²) in [6.07, 6.45) is 0. The van der Waals surface area contributed by atoms with E-state index in [1.807, 2.05) is 0 Å². The van der Waals surface area contributed by atoms with Gasteiger partial charge in [-0.3, -0.25) is 4.72 Å². The highest BCUT2D eigenvalue weighted by Gasteiger charge is 2.32. The van der Waals surface area contributed by atoms with Gasteiger partial charge in [0.1, 0.15) is 11.2 Å². The monoisotopic (exact) mass is 612 g/mol. The summed E-state index contributed by atoms with van der Waals surface area (Å²) < 4.78 is 45.2. The van der Waals surface area contributed by atoms with Crippen molar-refractivity contribution in [1.82, 2.24) is 4.98 Å². The Bertz CT molecular complexity index is 1530. The van der Waals surface area contributed by atoms with Crippen molar-refractivity contribution in [3.05, 3.63) is 59.3 Å². The van der Waals surface area contributed by atoms with Crippen molar-refractivity contribution < 1.29 is 37.0 Å². The number of fused-ring (bicyclic) bond motifs is 1. The van der Waals surface area contributed by atoms with Gasteiger partial charge in [-0.15, -0.1) is 23.2 Å². The third-order valence-electron chi connectivity index (χ3n) is 5.50. The minimum absolute atomic E-state index is 0.000711. The molecule has 0 aliphatic heterocycles. The molecule has 0 amide bonds. The summed E-state index contributed by atoms with van der Waals surface area (Å²) in [5.41, 5.74) is -2.91. The van der Waals surface area contributed by atoms with Crippen molar-refractivity contribution in [2.45, 2.75) is 50.7 Å². The smallest absolute Gasteiger partial charge is 0.356 e. The van der Waals surface area contributed by atoms with Crippen LogP contribution in [-0.4, -0.2) is 60.9 Å². The number of sulfonamides is 1. The molecule has 1 heterocycles. The summed E-state index contributed by atoms with van der Waals surface area (Å²) in [5.74, 6) is -2.67. The van der Waals surface area contributed by atoms with Crippen LogP contribution in [0, 0.1) is 0 Å². The molecule has 13 heteroatoms. The van der Waals surface area contributed by atoms with Gasteiger partial charge in [-0.1, -0.05) is 18.2 Å². The fourth-order valence-corrected chi connectivity index (χ4v) is 4.75. The van der Waals surface area contributed by atoms with Gasteiger partial charge in [0, 0.05) is 10.9 Å². The van der Waals surface area contributed by atoms with Crippen LogP contribution in [0.15, 0.2) is 47.4 Å². The first-order valence-corrected chi connectivity index (χ1v) is 14.7. The lowest BCUT2D eigenvalue weighted by atomic mass is 10.0. The Morgan fingerprint density at radius 3 is 2.02 bits per heavy atom. The van der Waals surface area contributed by atoms with E-state index < -0.39 is 39.1 Å². The molecule has 0 spiro atoms. The minimum atomic E-state index is -4.24. The summed E-state index contributed by atoms with van der Waals surface area (Å²) in [6.45, 7) is 7.95. The summed E-state index contributed by atoms with van der Waals surface area (Å²) in [4.78, 5) is 42.2. The van der Waals surface area contributed by atoms with Crippen molar-refractivity contribution in [3.8, 4) is 0 Å². The highest BCUT2D eigenvalue weighted by atomic mass is 35.5. The third-order valence-corrected chi connectivity index (χ3v) is 8.16. The molecular weight excluding hydrogens is 583 g/mol. The van der Waals surface area contributed by atoms with E-state index in [-0.39, 0.29) is 56.7 Å². The number of ether oxygens (including phenoxy) is 3. The van der Waals surface area contributed by atoms with Crippen LogP contribution in [-0.2, 0) is 24.2 Å². The number of carbonyl (C=O) groups excluding carboxylic acids is 3. The third kappa shape index (κ3) is 7.07. The largest absolute Gasteiger partial charge is 0.461 e. The number of alkyl halides is 2. The average molecular weight is 614 g/mol. The Kier molecular flexibility index (Phi) is 9.43. The van der Waals surface area contributed by atoms with Crippen LogP contribution in [0.2, 0.25) is 0 Å². The van der Waals surface area contributed by atoms with Crippen LogP contribution in [0.1, 0.15) is 65.8 Å². The number of H-pyrrole nitrogens is 1. The van der Waals surface area contributed by atoms with Gasteiger partial charge in [-0.05, 0) is 58.9 Å². The summed E-state index contributed by atoms with van der Waals surface area (Å²) in [5, 5.41) is -0.0221. The molecule has 2 aromatic carbocycles. The Labute approximate surface area is 242 Å². The highest BCUT2D eigenvalue weighted by molar-refractivity contribution is 7.92. The zero-order valence-electron chi connectivity index (χ0n) is 22.6. The van der Waals surface area contributed by atoms with Gasteiger partial charge in [0.15, 0.2) is 5.69 Å². The van der Waals surface area contributed by atoms with Crippen LogP contribution >= 0.6 is 23.2 Å². The first-order valence-electron chi connectivity index (χ1n) is 12.2. The molecule has 0 fully saturated rings. The number of aromatic nitrogens is 1. The first-order chi connectivity index (χ1) is 18.6. The molecule has 0 aliphatic carbocycles. The van der Waals surface area contributed by atoms with E-state index in [2.05, 4.69) is 9.71 Å². The fraction of sp³-hybridized carbons (Fsp3) is 0.370. The quantitative estimate of drug-likeness (QED) is 0.164. The van der Waals surface area contributed by atoms with Gasteiger partial charge in [0.25, 0.3) is 10.0 Å². The molecule has 2 N–H and O–H groups in total. The molecule has 0 atom stereocenters. The van der Waals surface area contributed by atoms with Crippen LogP contribution in [0.3, 0.4) is 0 Å². The number of hydrogen-bond acceptors (Lipinski definition) is 8.